The number of rotatable bonds is 9. The van der Waals surface area contributed by atoms with Crippen LogP contribution in [0.3, 0.4) is 0 Å². The van der Waals surface area contributed by atoms with Crippen LogP contribution < -0.4 is 26.4 Å². The van der Waals surface area contributed by atoms with Crippen molar-refractivity contribution in [2.45, 2.75) is 13.0 Å². The zero-order chi connectivity index (χ0) is 29.0. The molecule has 0 aliphatic heterocycles. The van der Waals surface area contributed by atoms with E-state index in [2.05, 4.69) is 25.9 Å². The normalized spacial score (nSPS) is 11.8. The Balaban J connectivity index is 1.51. The first kappa shape index (κ1) is 28.9. The van der Waals surface area contributed by atoms with E-state index in [0.717, 1.165) is 11.3 Å². The van der Waals surface area contributed by atoms with Gasteiger partial charge in [-0.2, -0.15) is 0 Å². The van der Waals surface area contributed by atoms with Crippen LogP contribution in [0.2, 0.25) is 0 Å². The predicted molar refractivity (Wildman–Crippen MR) is 154 cm³/mol. The molecular formula is C26H27F2N7O3S2. The van der Waals surface area contributed by atoms with Gasteiger partial charge in [0.15, 0.2) is 5.13 Å². The average Bonchev–Trinajstić information content (AvgIpc) is 3.55. The summed E-state index contributed by atoms with van der Waals surface area (Å²) in [6, 6.07) is 7.93. The molecule has 3 amide bonds. The molecule has 2 heterocycles. The number of hydrogen-bond acceptors (Lipinski definition) is 9. The maximum absolute atomic E-state index is 14.8. The summed E-state index contributed by atoms with van der Waals surface area (Å²) in [6.45, 7) is 2.41. The highest BCUT2D eigenvalue weighted by Crippen LogP contribution is 2.39. The van der Waals surface area contributed by atoms with Crippen molar-refractivity contribution in [3.05, 3.63) is 59.0 Å². The Labute approximate surface area is 237 Å². The predicted octanol–water partition coefficient (Wildman–Crippen LogP) is 5.13. The lowest BCUT2D eigenvalue weighted by atomic mass is 10.1. The number of nitrogens with one attached hydrogen (secondary N) is 3. The minimum absolute atomic E-state index is 0.0133. The Morgan fingerprint density at radius 1 is 1.12 bits per heavy atom. The van der Waals surface area contributed by atoms with E-state index >= 15 is 0 Å². The number of thiazole rings is 2. The van der Waals surface area contributed by atoms with Crippen LogP contribution in [-0.2, 0) is 0 Å². The molecule has 4 rings (SSSR count). The van der Waals surface area contributed by atoms with Gasteiger partial charge in [0.25, 0.3) is 5.91 Å². The third-order valence-electron chi connectivity index (χ3n) is 5.92. The number of ether oxygens (including phenoxy) is 1. The van der Waals surface area contributed by atoms with Crippen molar-refractivity contribution in [1.82, 2.24) is 20.2 Å². The van der Waals surface area contributed by atoms with Crippen LogP contribution in [0.25, 0.3) is 21.1 Å². The molecule has 0 spiro atoms. The molecule has 0 radical (unpaired) electrons. The van der Waals surface area contributed by atoms with Gasteiger partial charge in [0, 0.05) is 35.2 Å². The average molecular weight is 588 g/mol. The van der Waals surface area contributed by atoms with Crippen molar-refractivity contribution < 1.29 is 23.1 Å². The molecule has 0 fully saturated rings. The molecule has 0 aliphatic rings. The van der Waals surface area contributed by atoms with Gasteiger partial charge in [-0.3, -0.25) is 10.1 Å². The van der Waals surface area contributed by atoms with Crippen LogP contribution in [0.5, 0.6) is 5.75 Å². The molecule has 10 nitrogen and oxygen atoms in total. The highest BCUT2D eigenvalue weighted by molar-refractivity contribution is 7.23. The molecule has 1 atom stereocenters. The second-order valence-corrected chi connectivity index (χ2v) is 10.8. The van der Waals surface area contributed by atoms with E-state index in [9.17, 15) is 18.4 Å². The first-order valence-electron chi connectivity index (χ1n) is 11.9. The van der Waals surface area contributed by atoms with Crippen molar-refractivity contribution in [3.8, 4) is 26.9 Å². The zero-order valence-electron chi connectivity index (χ0n) is 22.0. The fourth-order valence-corrected chi connectivity index (χ4v) is 5.20. The minimum Gasteiger partial charge on any atom is -0.497 e. The lowest BCUT2D eigenvalue weighted by Crippen LogP contribution is -2.40. The highest BCUT2D eigenvalue weighted by Gasteiger charge is 2.20. The number of carbonyl (C=O) groups excluding carboxylic acids is 2. The summed E-state index contributed by atoms with van der Waals surface area (Å²) in [5.74, 6) is -1.77. The molecule has 0 bridgehead atoms. The standard InChI is InChI=1S/C26H27F2N7O3S2/c1-13(35(2)3)11-30-25(37)34-26-33-22(29)21(40-26)24-32-20(12-39-24)16-9-19(18(28)10-17(16)27)31-23(36)14-6-5-7-15(8-14)38-4/h5-10,12-13H,11,29H2,1-4H3,(H,31,36)(H2,30,33,34,37). The number of anilines is 3. The van der Waals surface area contributed by atoms with Gasteiger partial charge in [-0.15, -0.1) is 11.3 Å². The van der Waals surface area contributed by atoms with Gasteiger partial charge in [-0.25, -0.2) is 23.5 Å². The molecule has 4 aromatic rings. The van der Waals surface area contributed by atoms with Crippen LogP contribution in [-0.4, -0.2) is 60.6 Å². The van der Waals surface area contributed by atoms with Crippen LogP contribution >= 0.6 is 22.7 Å². The smallest absolute Gasteiger partial charge is 0.321 e. The number of likely N-dealkylation sites (N-methyl/N-ethyl adjacent to an activating group) is 1. The molecule has 0 aliphatic carbocycles. The fraction of sp³-hybridized carbons (Fsp3) is 0.231. The topological polar surface area (TPSA) is 134 Å². The summed E-state index contributed by atoms with van der Waals surface area (Å²) in [7, 11) is 5.29. The number of hydrogen-bond donors (Lipinski definition) is 4. The number of aromatic nitrogens is 2. The number of carbonyl (C=O) groups is 2. The van der Waals surface area contributed by atoms with Crippen molar-refractivity contribution in [2.24, 2.45) is 0 Å². The Hall–Kier alpha value is -4.14. The van der Waals surface area contributed by atoms with Gasteiger partial charge in [0.2, 0.25) is 0 Å². The fourth-order valence-electron chi connectivity index (χ4n) is 3.40. The molecule has 0 saturated carbocycles. The second kappa shape index (κ2) is 12.4. The Morgan fingerprint density at radius 2 is 1.90 bits per heavy atom. The Morgan fingerprint density at radius 3 is 2.62 bits per heavy atom. The van der Waals surface area contributed by atoms with Gasteiger partial charge < -0.3 is 26.0 Å². The molecule has 40 heavy (non-hydrogen) atoms. The molecule has 1 unspecified atom stereocenters. The highest BCUT2D eigenvalue weighted by atomic mass is 32.1. The summed E-state index contributed by atoms with van der Waals surface area (Å²) in [5, 5.41) is 10.2. The lowest BCUT2D eigenvalue weighted by molar-refractivity contribution is 0.102. The van der Waals surface area contributed by atoms with Gasteiger partial charge in [0.1, 0.15) is 33.1 Å². The van der Waals surface area contributed by atoms with E-state index in [4.69, 9.17) is 10.5 Å². The second-order valence-electron chi connectivity index (χ2n) is 8.92. The summed E-state index contributed by atoms with van der Waals surface area (Å²) in [5.41, 5.74) is 6.30. The quantitative estimate of drug-likeness (QED) is 0.213. The number of nitrogen functional groups attached to an aromatic ring is 1. The molecule has 5 N–H and O–H groups in total. The minimum atomic E-state index is -0.936. The number of amides is 3. The van der Waals surface area contributed by atoms with Gasteiger partial charge in [0.05, 0.1) is 18.5 Å². The largest absolute Gasteiger partial charge is 0.497 e. The van der Waals surface area contributed by atoms with Crippen LogP contribution in [0.15, 0.2) is 41.8 Å². The van der Waals surface area contributed by atoms with E-state index in [1.54, 1.807) is 23.6 Å². The summed E-state index contributed by atoms with van der Waals surface area (Å²) >= 11 is 2.30. The molecule has 210 valence electrons. The van der Waals surface area contributed by atoms with Crippen molar-refractivity contribution in [1.29, 1.82) is 0 Å². The van der Waals surface area contributed by atoms with E-state index in [1.807, 2.05) is 25.9 Å². The lowest BCUT2D eigenvalue weighted by Gasteiger charge is -2.19. The van der Waals surface area contributed by atoms with Crippen molar-refractivity contribution in [3.63, 3.8) is 0 Å². The number of nitrogens with two attached hydrogens (primary N) is 1. The summed E-state index contributed by atoms with van der Waals surface area (Å²) in [4.78, 5) is 36.0. The number of halogens is 2. The monoisotopic (exact) mass is 587 g/mol. The van der Waals surface area contributed by atoms with E-state index in [0.29, 0.717) is 28.2 Å². The Bertz CT molecular complexity index is 1540. The number of nitrogens with zero attached hydrogens (tertiary/aromatic N) is 3. The van der Waals surface area contributed by atoms with E-state index in [-0.39, 0.29) is 39.5 Å². The van der Waals surface area contributed by atoms with Crippen LogP contribution in [0.1, 0.15) is 17.3 Å². The SMILES string of the molecule is COc1cccc(C(=O)Nc2cc(-c3csc(-c4sc(NC(=O)NCC(C)N(C)C)nc4N)n3)c(F)cc2F)c1. The first-order valence-corrected chi connectivity index (χ1v) is 13.6. The third kappa shape index (κ3) is 6.70. The summed E-state index contributed by atoms with van der Waals surface area (Å²) in [6.07, 6.45) is 0. The first-order chi connectivity index (χ1) is 19.0. The number of methoxy groups -OCH3 is 1. The van der Waals surface area contributed by atoms with E-state index < -0.39 is 23.6 Å². The molecular weight excluding hydrogens is 560 g/mol. The van der Waals surface area contributed by atoms with Gasteiger partial charge in [-0.1, -0.05) is 17.4 Å². The molecule has 2 aromatic heterocycles. The van der Waals surface area contributed by atoms with Crippen molar-refractivity contribution >= 4 is 51.2 Å². The Kier molecular flexibility index (Phi) is 8.92. The zero-order valence-corrected chi connectivity index (χ0v) is 23.7. The maximum Gasteiger partial charge on any atom is 0.321 e. The molecule has 2 aromatic carbocycles. The third-order valence-corrected chi connectivity index (χ3v) is 7.91. The van der Waals surface area contributed by atoms with E-state index in [1.165, 1.54) is 30.6 Å². The maximum atomic E-state index is 14.8. The van der Waals surface area contributed by atoms with Crippen LogP contribution in [0, 0.1) is 11.6 Å². The van der Waals surface area contributed by atoms with Crippen LogP contribution in [0.4, 0.5) is 30.2 Å². The number of benzene rings is 2. The molecule has 14 heteroatoms. The van der Waals surface area contributed by atoms with Gasteiger partial charge >= 0.3 is 6.03 Å². The molecule has 0 saturated heterocycles. The summed E-state index contributed by atoms with van der Waals surface area (Å²) < 4.78 is 34.5. The van der Waals surface area contributed by atoms with Crippen molar-refractivity contribution in [2.75, 3.05) is 44.1 Å². The number of urea groups is 1. The van der Waals surface area contributed by atoms with Gasteiger partial charge in [-0.05, 0) is 45.3 Å².